The van der Waals surface area contributed by atoms with E-state index in [-0.39, 0.29) is 5.91 Å². The van der Waals surface area contributed by atoms with E-state index in [9.17, 15) is 4.79 Å². The van der Waals surface area contributed by atoms with E-state index in [1.54, 1.807) is 0 Å². The normalized spacial score (nSPS) is 17.4. The van der Waals surface area contributed by atoms with Crippen molar-refractivity contribution in [1.82, 2.24) is 4.90 Å². The number of nitrogens with zero attached hydrogens (tertiary/aromatic N) is 1. The fraction of sp³-hybridized carbons (Fsp3) is 0.136. The number of hydrogen-bond acceptors (Lipinski definition) is 3. The molecule has 2 aliphatic heterocycles. The molecule has 0 unspecified atom stereocenters. The Morgan fingerprint density at radius 1 is 1.00 bits per heavy atom. The Hall–Kier alpha value is -2.98. The van der Waals surface area contributed by atoms with Crippen molar-refractivity contribution in [3.8, 4) is 23.0 Å². The number of allylic oxidation sites excluding steroid dienone is 4. The molecule has 1 amide bonds. The first-order chi connectivity index (χ1) is 13.2. The monoisotopic (exact) mass is 377 g/mol. The van der Waals surface area contributed by atoms with Crippen molar-refractivity contribution in [3.63, 3.8) is 0 Å². The Bertz CT molecular complexity index is 1050. The van der Waals surface area contributed by atoms with Crippen LogP contribution >= 0.6 is 11.6 Å². The molecule has 3 aliphatic rings. The molecule has 0 radical (unpaired) electrons. The number of carbonyl (C=O) groups excluding carboxylic acids is 1. The molecular formula is C22H16ClNO3. The second kappa shape index (κ2) is 6.32. The lowest BCUT2D eigenvalue weighted by molar-refractivity contribution is -0.125. The summed E-state index contributed by atoms with van der Waals surface area (Å²) in [5.41, 5.74) is 2.60. The number of carbonyl (C=O) groups is 1. The van der Waals surface area contributed by atoms with E-state index in [0.29, 0.717) is 53.1 Å². The Kier molecular flexibility index (Phi) is 3.80. The number of para-hydroxylation sites is 2. The van der Waals surface area contributed by atoms with Gasteiger partial charge < -0.3 is 14.4 Å². The molecule has 134 valence electrons. The number of rotatable bonds is 2. The standard InChI is InChI=1S/C22H16ClNO3/c23-16-6-2-1-5-15-13-24(22(25)21(15)16)12-14-9-10-19-20(11-14)27-18-8-4-3-7-17(18)26-19/h1-5,7-11H,6,12-13H2. The third-order valence-corrected chi connectivity index (χ3v) is 5.20. The lowest BCUT2D eigenvalue weighted by Gasteiger charge is -2.22. The van der Waals surface area contributed by atoms with Crippen LogP contribution in [0.3, 0.4) is 0 Å². The fourth-order valence-corrected chi connectivity index (χ4v) is 3.85. The van der Waals surface area contributed by atoms with Gasteiger partial charge in [-0.15, -0.1) is 0 Å². The van der Waals surface area contributed by atoms with Crippen LogP contribution in [0.5, 0.6) is 23.0 Å². The molecule has 0 atom stereocenters. The number of likely N-dealkylation sites (tertiary alicyclic amines) is 1. The van der Waals surface area contributed by atoms with Crippen molar-refractivity contribution in [2.75, 3.05) is 6.54 Å². The molecule has 1 saturated heterocycles. The third kappa shape index (κ3) is 2.82. The van der Waals surface area contributed by atoms with Crippen LogP contribution in [0.25, 0.3) is 0 Å². The van der Waals surface area contributed by atoms with Crippen molar-refractivity contribution in [2.45, 2.75) is 13.0 Å². The zero-order valence-corrected chi connectivity index (χ0v) is 15.2. The number of ether oxygens (including phenoxy) is 2. The summed E-state index contributed by atoms with van der Waals surface area (Å²) in [6.07, 6.45) is 6.50. The summed E-state index contributed by atoms with van der Waals surface area (Å²) >= 11 is 6.33. The van der Waals surface area contributed by atoms with Crippen molar-refractivity contribution < 1.29 is 14.3 Å². The van der Waals surface area contributed by atoms with Crippen LogP contribution in [-0.2, 0) is 11.3 Å². The Balaban J connectivity index is 1.40. The number of hydrogen-bond donors (Lipinski definition) is 0. The second-order valence-electron chi connectivity index (χ2n) is 6.70. The van der Waals surface area contributed by atoms with E-state index in [4.69, 9.17) is 21.1 Å². The maximum absolute atomic E-state index is 12.8. The molecule has 0 bridgehead atoms. The number of amides is 1. The van der Waals surface area contributed by atoms with Crippen LogP contribution in [0.2, 0.25) is 0 Å². The minimum atomic E-state index is -0.0183. The summed E-state index contributed by atoms with van der Waals surface area (Å²) in [4.78, 5) is 14.6. The summed E-state index contributed by atoms with van der Waals surface area (Å²) in [5, 5.41) is 0.612. The first-order valence-corrected chi connectivity index (χ1v) is 9.18. The second-order valence-corrected chi connectivity index (χ2v) is 7.15. The van der Waals surface area contributed by atoms with Crippen molar-refractivity contribution in [2.24, 2.45) is 0 Å². The molecule has 0 spiro atoms. The molecule has 0 aromatic heterocycles. The molecule has 2 aromatic carbocycles. The van der Waals surface area contributed by atoms with Gasteiger partial charge in [0.1, 0.15) is 0 Å². The molecule has 5 heteroatoms. The van der Waals surface area contributed by atoms with Gasteiger partial charge in [0, 0.05) is 24.5 Å². The van der Waals surface area contributed by atoms with Gasteiger partial charge in [0.2, 0.25) is 0 Å². The van der Waals surface area contributed by atoms with E-state index >= 15 is 0 Å². The predicted octanol–water partition coefficient (Wildman–Crippen LogP) is 5.31. The zero-order valence-electron chi connectivity index (χ0n) is 14.4. The fourth-order valence-electron chi connectivity index (χ4n) is 3.55. The molecule has 2 heterocycles. The molecule has 27 heavy (non-hydrogen) atoms. The Morgan fingerprint density at radius 2 is 1.74 bits per heavy atom. The molecule has 1 aliphatic carbocycles. The van der Waals surface area contributed by atoms with E-state index in [2.05, 4.69) is 0 Å². The van der Waals surface area contributed by atoms with Crippen LogP contribution < -0.4 is 9.47 Å². The van der Waals surface area contributed by atoms with Gasteiger partial charge in [0.05, 0.1) is 5.57 Å². The molecular weight excluding hydrogens is 362 g/mol. The third-order valence-electron chi connectivity index (χ3n) is 4.86. The van der Waals surface area contributed by atoms with Crippen LogP contribution in [0.1, 0.15) is 12.0 Å². The molecule has 1 fully saturated rings. The van der Waals surface area contributed by atoms with E-state index in [1.165, 1.54) is 0 Å². The highest BCUT2D eigenvalue weighted by molar-refractivity contribution is 6.33. The van der Waals surface area contributed by atoms with Gasteiger partial charge in [-0.2, -0.15) is 0 Å². The van der Waals surface area contributed by atoms with Gasteiger partial charge in [-0.05, 0) is 35.4 Å². The quantitative estimate of drug-likeness (QED) is 0.607. The highest BCUT2D eigenvalue weighted by atomic mass is 35.5. The molecule has 4 nitrogen and oxygen atoms in total. The van der Waals surface area contributed by atoms with Crippen LogP contribution in [0, 0.1) is 0 Å². The smallest absolute Gasteiger partial charge is 0.255 e. The highest BCUT2D eigenvalue weighted by Crippen LogP contribution is 2.45. The van der Waals surface area contributed by atoms with Gasteiger partial charge in [-0.3, -0.25) is 4.79 Å². The highest BCUT2D eigenvalue weighted by Gasteiger charge is 2.33. The zero-order chi connectivity index (χ0) is 18.4. The minimum absolute atomic E-state index is 0.0183. The predicted molar refractivity (Wildman–Crippen MR) is 103 cm³/mol. The first kappa shape index (κ1) is 16.2. The molecule has 5 rings (SSSR count). The first-order valence-electron chi connectivity index (χ1n) is 8.81. The lowest BCUT2D eigenvalue weighted by atomic mass is 10.1. The van der Waals surface area contributed by atoms with Crippen LogP contribution in [0.15, 0.2) is 76.9 Å². The lowest BCUT2D eigenvalue weighted by Crippen LogP contribution is -2.24. The summed E-state index contributed by atoms with van der Waals surface area (Å²) in [7, 11) is 0. The Morgan fingerprint density at radius 3 is 2.56 bits per heavy atom. The average molecular weight is 378 g/mol. The van der Waals surface area contributed by atoms with Gasteiger partial charge >= 0.3 is 0 Å². The molecule has 0 N–H and O–H groups in total. The average Bonchev–Trinajstić information content (AvgIpc) is 2.86. The maximum atomic E-state index is 12.8. The van der Waals surface area contributed by atoms with Gasteiger partial charge in [-0.1, -0.05) is 48.0 Å². The topological polar surface area (TPSA) is 38.8 Å². The summed E-state index contributed by atoms with van der Waals surface area (Å²) in [6.45, 7) is 1.05. The Labute approximate surface area is 162 Å². The largest absolute Gasteiger partial charge is 0.450 e. The number of benzene rings is 2. The van der Waals surface area contributed by atoms with E-state index < -0.39 is 0 Å². The maximum Gasteiger partial charge on any atom is 0.255 e. The molecule has 2 aromatic rings. The summed E-state index contributed by atoms with van der Waals surface area (Å²) in [6, 6.07) is 13.3. The summed E-state index contributed by atoms with van der Waals surface area (Å²) in [5.74, 6) is 2.71. The van der Waals surface area contributed by atoms with Gasteiger partial charge in [0.15, 0.2) is 23.0 Å². The van der Waals surface area contributed by atoms with E-state index in [0.717, 1.165) is 11.1 Å². The van der Waals surface area contributed by atoms with Crippen LogP contribution in [-0.4, -0.2) is 17.4 Å². The SMILES string of the molecule is O=C1C2=C(Cl)CC=CC=C2CN1Cc1ccc2c(c1)Oc1ccccc1O2. The van der Waals surface area contributed by atoms with Gasteiger partial charge in [-0.25, -0.2) is 0 Å². The minimum Gasteiger partial charge on any atom is -0.450 e. The summed E-state index contributed by atoms with van der Waals surface area (Å²) < 4.78 is 11.8. The van der Waals surface area contributed by atoms with Crippen molar-refractivity contribution in [1.29, 1.82) is 0 Å². The van der Waals surface area contributed by atoms with E-state index in [1.807, 2.05) is 65.6 Å². The van der Waals surface area contributed by atoms with Crippen molar-refractivity contribution in [3.05, 3.63) is 82.4 Å². The van der Waals surface area contributed by atoms with Gasteiger partial charge in [0.25, 0.3) is 5.91 Å². The number of fused-ring (bicyclic) bond motifs is 3. The van der Waals surface area contributed by atoms with Crippen LogP contribution in [0.4, 0.5) is 0 Å². The number of halogens is 1. The van der Waals surface area contributed by atoms with Crippen molar-refractivity contribution >= 4 is 17.5 Å². The molecule has 0 saturated carbocycles.